The van der Waals surface area contributed by atoms with Crippen molar-refractivity contribution in [3.8, 4) is 0 Å². The smallest absolute Gasteiger partial charge is 0.249 e. The van der Waals surface area contributed by atoms with Crippen LogP contribution in [0.1, 0.15) is 18.4 Å². The van der Waals surface area contributed by atoms with Gasteiger partial charge < -0.3 is 15.0 Å². The molecule has 1 saturated heterocycles. The average molecular weight is 259 g/mol. The topological polar surface area (TPSA) is 67.0 Å². The molecule has 0 spiro atoms. The summed E-state index contributed by atoms with van der Waals surface area (Å²) >= 11 is 0. The van der Waals surface area contributed by atoms with Crippen molar-refractivity contribution in [2.75, 3.05) is 13.2 Å². The maximum Gasteiger partial charge on any atom is 0.249 e. The Hall–Kier alpha value is -1.88. The zero-order chi connectivity index (χ0) is 13.1. The number of carbonyl (C=O) groups excluding carboxylic acids is 1. The molecule has 0 aliphatic carbocycles. The first-order valence-corrected chi connectivity index (χ1v) is 6.64. The Morgan fingerprint density at radius 1 is 1.53 bits per heavy atom. The summed E-state index contributed by atoms with van der Waals surface area (Å²) in [5, 5.41) is 2.93. The maximum absolute atomic E-state index is 11.8. The number of H-pyrrole nitrogens is 1. The van der Waals surface area contributed by atoms with Crippen LogP contribution in [0.25, 0.3) is 11.0 Å². The third-order valence-electron chi connectivity index (χ3n) is 3.42. The molecule has 1 aromatic heterocycles. The molecular weight excluding hydrogens is 242 g/mol. The minimum Gasteiger partial charge on any atom is -0.368 e. The van der Waals surface area contributed by atoms with Crippen LogP contribution in [0, 0.1) is 0 Å². The number of fused-ring (bicyclic) bond motifs is 1. The minimum atomic E-state index is -0.241. The second-order valence-corrected chi connectivity index (χ2v) is 4.80. The first-order valence-electron chi connectivity index (χ1n) is 6.64. The highest BCUT2D eigenvalue weighted by atomic mass is 16.5. The molecular formula is C14H17N3O2. The van der Waals surface area contributed by atoms with Crippen molar-refractivity contribution in [1.82, 2.24) is 15.3 Å². The lowest BCUT2D eigenvalue weighted by molar-refractivity contribution is -0.129. The van der Waals surface area contributed by atoms with Gasteiger partial charge >= 0.3 is 0 Å². The molecule has 1 unspecified atom stereocenters. The molecule has 1 amide bonds. The van der Waals surface area contributed by atoms with Crippen molar-refractivity contribution in [2.24, 2.45) is 0 Å². The number of ether oxygens (including phenoxy) is 1. The summed E-state index contributed by atoms with van der Waals surface area (Å²) in [6, 6.07) is 6.10. The lowest BCUT2D eigenvalue weighted by atomic mass is 10.1. The Kier molecular flexibility index (Phi) is 3.46. The second kappa shape index (κ2) is 5.40. The Bertz CT molecular complexity index is 573. The molecule has 1 aliphatic heterocycles. The van der Waals surface area contributed by atoms with Gasteiger partial charge in [-0.3, -0.25) is 4.79 Å². The SMILES string of the molecule is O=C(NCCc1ccc2nc[nH]c2c1)C1CCCO1. The summed E-state index contributed by atoms with van der Waals surface area (Å²) in [6.45, 7) is 1.34. The number of imidazole rings is 1. The summed E-state index contributed by atoms with van der Waals surface area (Å²) in [7, 11) is 0. The van der Waals surface area contributed by atoms with E-state index < -0.39 is 0 Å². The van der Waals surface area contributed by atoms with E-state index in [0.717, 1.165) is 30.3 Å². The molecule has 2 N–H and O–H groups in total. The quantitative estimate of drug-likeness (QED) is 0.872. The lowest BCUT2D eigenvalue weighted by Gasteiger charge is -2.10. The van der Waals surface area contributed by atoms with Crippen LogP contribution in [0.5, 0.6) is 0 Å². The number of benzene rings is 1. The number of aromatic nitrogens is 2. The van der Waals surface area contributed by atoms with E-state index in [4.69, 9.17) is 4.74 Å². The number of amides is 1. The molecule has 100 valence electrons. The number of nitrogens with one attached hydrogen (secondary N) is 2. The molecule has 0 radical (unpaired) electrons. The van der Waals surface area contributed by atoms with Gasteiger partial charge in [-0.05, 0) is 37.0 Å². The van der Waals surface area contributed by atoms with Gasteiger partial charge in [-0.15, -0.1) is 0 Å². The predicted molar refractivity (Wildman–Crippen MR) is 71.8 cm³/mol. The average Bonchev–Trinajstić information content (AvgIpc) is 3.09. The Morgan fingerprint density at radius 3 is 3.32 bits per heavy atom. The molecule has 1 fully saturated rings. The van der Waals surface area contributed by atoms with Crippen molar-refractivity contribution in [1.29, 1.82) is 0 Å². The number of rotatable bonds is 4. The van der Waals surface area contributed by atoms with E-state index in [1.165, 1.54) is 5.56 Å². The highest BCUT2D eigenvalue weighted by Crippen LogP contribution is 2.13. The second-order valence-electron chi connectivity index (χ2n) is 4.80. The van der Waals surface area contributed by atoms with E-state index in [2.05, 4.69) is 21.4 Å². The number of nitrogens with zero attached hydrogens (tertiary/aromatic N) is 1. The van der Waals surface area contributed by atoms with E-state index in [9.17, 15) is 4.79 Å². The van der Waals surface area contributed by atoms with Crippen molar-refractivity contribution >= 4 is 16.9 Å². The first kappa shape index (κ1) is 12.2. The fraction of sp³-hybridized carbons (Fsp3) is 0.429. The van der Waals surface area contributed by atoms with Crippen LogP contribution >= 0.6 is 0 Å². The molecule has 2 heterocycles. The lowest BCUT2D eigenvalue weighted by Crippen LogP contribution is -2.35. The Morgan fingerprint density at radius 2 is 2.47 bits per heavy atom. The molecule has 1 aromatic carbocycles. The van der Waals surface area contributed by atoms with Crippen LogP contribution in [-0.2, 0) is 16.0 Å². The number of carbonyl (C=O) groups is 1. The van der Waals surface area contributed by atoms with Gasteiger partial charge in [-0.2, -0.15) is 0 Å². The normalized spacial score (nSPS) is 18.8. The van der Waals surface area contributed by atoms with Gasteiger partial charge in [-0.1, -0.05) is 6.07 Å². The molecule has 3 rings (SSSR count). The third-order valence-corrected chi connectivity index (χ3v) is 3.42. The number of hydrogen-bond donors (Lipinski definition) is 2. The van der Waals surface area contributed by atoms with Crippen molar-refractivity contribution in [3.63, 3.8) is 0 Å². The maximum atomic E-state index is 11.8. The fourth-order valence-corrected chi connectivity index (χ4v) is 2.37. The van der Waals surface area contributed by atoms with Gasteiger partial charge in [0.15, 0.2) is 0 Å². The van der Waals surface area contributed by atoms with Crippen LogP contribution in [0.3, 0.4) is 0 Å². The summed E-state index contributed by atoms with van der Waals surface area (Å²) in [5.74, 6) is 0.0140. The largest absolute Gasteiger partial charge is 0.368 e. The van der Waals surface area contributed by atoms with Gasteiger partial charge in [0, 0.05) is 13.2 Å². The number of aromatic amines is 1. The third kappa shape index (κ3) is 2.76. The van der Waals surface area contributed by atoms with Gasteiger partial charge in [0.25, 0.3) is 0 Å². The zero-order valence-electron chi connectivity index (χ0n) is 10.7. The minimum absolute atomic E-state index is 0.0140. The van der Waals surface area contributed by atoms with Crippen LogP contribution in [0.4, 0.5) is 0 Å². The molecule has 0 bridgehead atoms. The van der Waals surface area contributed by atoms with Crippen molar-refractivity contribution in [3.05, 3.63) is 30.1 Å². The van der Waals surface area contributed by atoms with Gasteiger partial charge in [0.05, 0.1) is 17.4 Å². The van der Waals surface area contributed by atoms with Crippen molar-refractivity contribution < 1.29 is 9.53 Å². The van der Waals surface area contributed by atoms with E-state index in [-0.39, 0.29) is 12.0 Å². The molecule has 5 heteroatoms. The van der Waals surface area contributed by atoms with E-state index in [1.54, 1.807) is 6.33 Å². The molecule has 1 aliphatic rings. The molecule has 0 saturated carbocycles. The van der Waals surface area contributed by atoms with E-state index in [1.807, 2.05) is 12.1 Å². The fourth-order valence-electron chi connectivity index (χ4n) is 2.37. The van der Waals surface area contributed by atoms with Crippen LogP contribution in [0.2, 0.25) is 0 Å². The highest BCUT2D eigenvalue weighted by Gasteiger charge is 2.22. The van der Waals surface area contributed by atoms with Crippen LogP contribution in [0.15, 0.2) is 24.5 Å². The molecule has 1 atom stereocenters. The Balaban J connectivity index is 1.52. The molecule has 2 aromatic rings. The predicted octanol–water partition coefficient (Wildman–Crippen LogP) is 1.40. The van der Waals surface area contributed by atoms with Crippen LogP contribution < -0.4 is 5.32 Å². The van der Waals surface area contributed by atoms with Crippen LogP contribution in [-0.4, -0.2) is 35.1 Å². The van der Waals surface area contributed by atoms with Gasteiger partial charge in [0.1, 0.15) is 6.10 Å². The highest BCUT2D eigenvalue weighted by molar-refractivity contribution is 5.81. The summed E-state index contributed by atoms with van der Waals surface area (Å²) in [5.41, 5.74) is 3.18. The zero-order valence-corrected chi connectivity index (χ0v) is 10.7. The Labute approximate surface area is 111 Å². The number of hydrogen-bond acceptors (Lipinski definition) is 3. The summed E-state index contributed by atoms with van der Waals surface area (Å²) in [4.78, 5) is 19.0. The first-order chi connectivity index (χ1) is 9.33. The summed E-state index contributed by atoms with van der Waals surface area (Å²) < 4.78 is 5.34. The summed E-state index contributed by atoms with van der Waals surface area (Å²) in [6.07, 6.45) is 4.08. The monoisotopic (exact) mass is 259 g/mol. The van der Waals surface area contributed by atoms with E-state index in [0.29, 0.717) is 13.2 Å². The standard InChI is InChI=1S/C14H17N3O2/c18-14(13-2-1-7-19-13)15-6-5-10-3-4-11-12(8-10)17-9-16-11/h3-4,8-9,13H,1-2,5-7H2,(H,15,18)(H,16,17). The van der Waals surface area contributed by atoms with Crippen molar-refractivity contribution in [2.45, 2.75) is 25.4 Å². The van der Waals surface area contributed by atoms with Gasteiger partial charge in [0.2, 0.25) is 5.91 Å². The molecule has 5 nitrogen and oxygen atoms in total. The van der Waals surface area contributed by atoms with E-state index >= 15 is 0 Å². The van der Waals surface area contributed by atoms with Gasteiger partial charge in [-0.25, -0.2) is 4.98 Å². The molecule has 19 heavy (non-hydrogen) atoms.